The number of halogens is 1. The average Bonchev–Trinajstić information content (AvgIpc) is 3.25. The maximum atomic E-state index is 13.1. The topological polar surface area (TPSA) is 95.8 Å². The molecule has 2 aromatic heterocycles. The molecule has 40 heavy (non-hydrogen) atoms. The molecule has 2 heterocycles. The number of carbonyl (C=O) groups is 2. The normalized spacial score (nSPS) is 11.8. The van der Waals surface area contributed by atoms with Gasteiger partial charge in [-0.15, -0.1) is 4.90 Å². The van der Waals surface area contributed by atoms with Crippen molar-refractivity contribution in [2.24, 2.45) is 0 Å². The van der Waals surface area contributed by atoms with Crippen LogP contribution in [0.2, 0.25) is 5.15 Å². The van der Waals surface area contributed by atoms with Gasteiger partial charge in [0, 0.05) is 12.7 Å². The summed E-state index contributed by atoms with van der Waals surface area (Å²) in [7, 11) is 1.64. The van der Waals surface area contributed by atoms with E-state index in [9.17, 15) is 9.59 Å². The number of fused-ring (bicyclic) bond motifs is 1. The van der Waals surface area contributed by atoms with Crippen LogP contribution in [0.5, 0.6) is 5.75 Å². The van der Waals surface area contributed by atoms with Crippen molar-refractivity contribution in [2.45, 2.75) is 59.3 Å². The van der Waals surface area contributed by atoms with Gasteiger partial charge in [0.15, 0.2) is 0 Å². The second-order valence-electron chi connectivity index (χ2n) is 11.2. The van der Waals surface area contributed by atoms with Crippen LogP contribution in [-0.2, 0) is 16.0 Å². The number of anilines is 1. The Hall–Kier alpha value is -4.11. The first kappa shape index (κ1) is 28.9. The number of methoxy groups -OCH3 is 1. The molecule has 0 aliphatic heterocycles. The molecule has 2 amide bonds. The van der Waals surface area contributed by atoms with Gasteiger partial charge in [0.1, 0.15) is 27.8 Å². The zero-order valence-electron chi connectivity index (χ0n) is 23.7. The van der Waals surface area contributed by atoms with Gasteiger partial charge in [-0.2, -0.15) is 9.97 Å². The zero-order chi connectivity index (χ0) is 29.2. The Labute approximate surface area is 238 Å². The highest BCUT2D eigenvalue weighted by atomic mass is 35.5. The quantitative estimate of drug-likeness (QED) is 0.232. The standard InChI is InChI=1S/C30H33ClN4O5/c1-29(2,3)39-27(36)35(28(37)40-30(4,5)6)26-32-24(31)23-15-16-34(25(23)33-26)18-19-11-13-20(14-12-19)21-9-8-10-22(17-21)38-7/h8-17H,18H2,1-7H3. The Morgan fingerprint density at radius 2 is 1.50 bits per heavy atom. The Kier molecular flexibility index (Phi) is 8.07. The van der Waals surface area contributed by atoms with E-state index in [0.717, 1.165) is 22.4 Å². The van der Waals surface area contributed by atoms with E-state index >= 15 is 0 Å². The second-order valence-corrected chi connectivity index (χ2v) is 11.6. The maximum absolute atomic E-state index is 13.1. The molecule has 4 aromatic rings. The highest BCUT2D eigenvalue weighted by molar-refractivity contribution is 6.34. The van der Waals surface area contributed by atoms with Crippen LogP contribution in [-0.4, -0.2) is 45.0 Å². The molecule has 0 unspecified atom stereocenters. The minimum absolute atomic E-state index is 0.0873. The molecule has 4 rings (SSSR count). The minimum atomic E-state index is -0.969. The summed E-state index contributed by atoms with van der Waals surface area (Å²) >= 11 is 6.51. The Morgan fingerprint density at radius 1 is 0.875 bits per heavy atom. The van der Waals surface area contributed by atoms with E-state index in [2.05, 4.69) is 9.97 Å². The summed E-state index contributed by atoms with van der Waals surface area (Å²) in [5, 5.41) is 0.663. The fourth-order valence-electron chi connectivity index (χ4n) is 3.90. The number of imide groups is 1. The number of aromatic nitrogens is 3. The third kappa shape index (κ3) is 6.90. The molecule has 210 valence electrons. The average molecular weight is 565 g/mol. The molecule has 0 saturated carbocycles. The number of ether oxygens (including phenoxy) is 3. The van der Waals surface area contributed by atoms with E-state index in [4.69, 9.17) is 25.8 Å². The van der Waals surface area contributed by atoms with Gasteiger partial charge in [-0.05, 0) is 76.4 Å². The molecular weight excluding hydrogens is 532 g/mol. The SMILES string of the molecule is COc1cccc(-c2ccc(Cn3ccc4c(Cl)nc(N(C(=O)OC(C)(C)C)C(=O)OC(C)(C)C)nc43)cc2)c1. The molecule has 0 radical (unpaired) electrons. The molecule has 0 saturated heterocycles. The molecule has 10 heteroatoms. The Morgan fingerprint density at radius 3 is 2.08 bits per heavy atom. The summed E-state index contributed by atoms with van der Waals surface area (Å²) in [5.41, 5.74) is 1.81. The van der Waals surface area contributed by atoms with Crippen LogP contribution in [0.1, 0.15) is 47.1 Å². The molecule has 0 N–H and O–H groups in total. The van der Waals surface area contributed by atoms with Gasteiger partial charge >= 0.3 is 12.2 Å². The number of nitrogens with zero attached hydrogens (tertiary/aromatic N) is 4. The highest BCUT2D eigenvalue weighted by Crippen LogP contribution is 2.28. The summed E-state index contributed by atoms with van der Waals surface area (Å²) in [5.74, 6) is 0.550. The van der Waals surface area contributed by atoms with E-state index in [0.29, 0.717) is 22.5 Å². The monoisotopic (exact) mass is 564 g/mol. The lowest BCUT2D eigenvalue weighted by Gasteiger charge is -2.27. The number of carbonyl (C=O) groups excluding carboxylic acids is 2. The van der Waals surface area contributed by atoms with Gasteiger partial charge < -0.3 is 18.8 Å². The number of hydrogen-bond acceptors (Lipinski definition) is 7. The van der Waals surface area contributed by atoms with Crippen molar-refractivity contribution < 1.29 is 23.8 Å². The lowest BCUT2D eigenvalue weighted by Crippen LogP contribution is -2.44. The van der Waals surface area contributed by atoms with E-state index in [-0.39, 0.29) is 11.1 Å². The molecular formula is C30H33ClN4O5. The van der Waals surface area contributed by atoms with Crippen LogP contribution in [0.15, 0.2) is 60.8 Å². The predicted molar refractivity (Wildman–Crippen MR) is 155 cm³/mol. The van der Waals surface area contributed by atoms with Crippen LogP contribution < -0.4 is 9.64 Å². The largest absolute Gasteiger partial charge is 0.497 e. The first-order valence-electron chi connectivity index (χ1n) is 12.8. The smallest absolute Gasteiger partial charge is 0.427 e. The third-order valence-electron chi connectivity index (χ3n) is 5.62. The first-order valence-corrected chi connectivity index (χ1v) is 13.1. The van der Waals surface area contributed by atoms with Crippen molar-refractivity contribution in [3.63, 3.8) is 0 Å². The molecule has 0 aliphatic carbocycles. The Balaban J connectivity index is 1.68. The van der Waals surface area contributed by atoms with Crippen molar-refractivity contribution in [1.82, 2.24) is 14.5 Å². The van der Waals surface area contributed by atoms with Crippen LogP contribution >= 0.6 is 11.6 Å². The van der Waals surface area contributed by atoms with E-state index in [1.807, 2.05) is 59.3 Å². The number of amides is 2. The highest BCUT2D eigenvalue weighted by Gasteiger charge is 2.35. The minimum Gasteiger partial charge on any atom is -0.497 e. The van der Waals surface area contributed by atoms with Gasteiger partial charge in [0.25, 0.3) is 0 Å². The molecule has 0 fully saturated rings. The maximum Gasteiger partial charge on any atom is 0.427 e. The summed E-state index contributed by atoms with van der Waals surface area (Å²) in [6.45, 7) is 10.6. The van der Waals surface area contributed by atoms with E-state index < -0.39 is 23.4 Å². The van der Waals surface area contributed by atoms with Gasteiger partial charge in [-0.1, -0.05) is 48.0 Å². The van der Waals surface area contributed by atoms with E-state index in [1.54, 1.807) is 54.7 Å². The van der Waals surface area contributed by atoms with Crippen LogP contribution in [0, 0.1) is 0 Å². The predicted octanol–water partition coefficient (Wildman–Crippen LogP) is 7.49. The number of benzene rings is 2. The molecule has 0 bridgehead atoms. The first-order chi connectivity index (χ1) is 18.7. The Bertz CT molecular complexity index is 1510. The summed E-state index contributed by atoms with van der Waals surface area (Å²) < 4.78 is 18.1. The van der Waals surface area contributed by atoms with Crippen LogP contribution in [0.4, 0.5) is 15.5 Å². The van der Waals surface area contributed by atoms with Gasteiger partial charge in [-0.25, -0.2) is 9.59 Å². The lowest BCUT2D eigenvalue weighted by molar-refractivity contribution is 0.0427. The van der Waals surface area contributed by atoms with Crippen molar-refractivity contribution in [3.8, 4) is 16.9 Å². The van der Waals surface area contributed by atoms with Crippen LogP contribution in [0.3, 0.4) is 0 Å². The summed E-state index contributed by atoms with van der Waals surface area (Å²) in [6, 6.07) is 17.8. The molecule has 2 aromatic carbocycles. The van der Waals surface area contributed by atoms with Crippen molar-refractivity contribution >= 4 is 40.8 Å². The third-order valence-corrected chi connectivity index (χ3v) is 5.91. The van der Waals surface area contributed by atoms with Gasteiger partial charge in [0.05, 0.1) is 12.5 Å². The van der Waals surface area contributed by atoms with E-state index in [1.165, 1.54) is 0 Å². The number of hydrogen-bond donors (Lipinski definition) is 0. The second kappa shape index (κ2) is 11.2. The van der Waals surface area contributed by atoms with Crippen LogP contribution in [0.25, 0.3) is 22.2 Å². The van der Waals surface area contributed by atoms with Crippen molar-refractivity contribution in [2.75, 3.05) is 12.0 Å². The van der Waals surface area contributed by atoms with Crippen molar-refractivity contribution in [1.29, 1.82) is 0 Å². The molecule has 0 spiro atoms. The fraction of sp³-hybridized carbons (Fsp3) is 0.333. The summed E-state index contributed by atoms with van der Waals surface area (Å²) in [6.07, 6.45) is -0.109. The molecule has 0 aliphatic rings. The molecule has 0 atom stereocenters. The number of rotatable bonds is 5. The van der Waals surface area contributed by atoms with Gasteiger partial charge in [-0.3, -0.25) is 0 Å². The lowest BCUT2D eigenvalue weighted by atomic mass is 10.0. The molecule has 9 nitrogen and oxygen atoms in total. The van der Waals surface area contributed by atoms with Gasteiger partial charge in [0.2, 0.25) is 5.95 Å². The summed E-state index contributed by atoms with van der Waals surface area (Å²) in [4.78, 5) is 35.7. The fourth-order valence-corrected chi connectivity index (χ4v) is 4.12. The zero-order valence-corrected chi connectivity index (χ0v) is 24.4. The van der Waals surface area contributed by atoms with Crippen molar-refractivity contribution in [3.05, 3.63) is 71.5 Å².